The summed E-state index contributed by atoms with van der Waals surface area (Å²) in [6, 6.07) is 0. The molecule has 1 aromatic rings. The molecule has 0 unspecified atom stereocenters. The van der Waals surface area contributed by atoms with Crippen LogP contribution in [0.3, 0.4) is 0 Å². The Morgan fingerprint density at radius 2 is 2.14 bits per heavy atom. The molecule has 0 fully saturated rings. The maximum absolute atomic E-state index is 8.69. The normalized spacial score (nSPS) is 10.3. The van der Waals surface area contributed by atoms with E-state index < -0.39 is 0 Å². The van der Waals surface area contributed by atoms with E-state index in [9.17, 15) is 0 Å². The minimum Gasteiger partial charge on any atom is -0.395 e. The van der Waals surface area contributed by atoms with Crippen molar-refractivity contribution in [1.82, 2.24) is 9.97 Å². The predicted octanol–water partition coefficient (Wildman–Crippen LogP) is 1.41. The third-order valence-corrected chi connectivity index (χ3v) is 2.14. The van der Waals surface area contributed by atoms with E-state index in [2.05, 4.69) is 15.3 Å². The van der Waals surface area contributed by atoms with Crippen molar-refractivity contribution in [1.29, 1.82) is 0 Å². The second-order valence-corrected chi connectivity index (χ2v) is 3.25. The molecule has 0 bridgehead atoms. The lowest BCUT2D eigenvalue weighted by Crippen LogP contribution is -2.11. The molecule has 14 heavy (non-hydrogen) atoms. The van der Waals surface area contributed by atoms with Crippen molar-refractivity contribution in [2.75, 3.05) is 18.5 Å². The van der Waals surface area contributed by atoms with E-state index in [-0.39, 0.29) is 6.61 Å². The van der Waals surface area contributed by atoms with Crippen LogP contribution in [0.5, 0.6) is 0 Å². The molecule has 1 aromatic heterocycles. The molecular weight excluding hydrogens is 202 g/mol. The topological polar surface area (TPSA) is 58.0 Å². The van der Waals surface area contributed by atoms with Crippen LogP contribution in [0.2, 0.25) is 5.15 Å². The van der Waals surface area contributed by atoms with Gasteiger partial charge in [0.05, 0.1) is 6.61 Å². The van der Waals surface area contributed by atoms with Crippen LogP contribution in [-0.2, 0) is 6.42 Å². The molecule has 0 aliphatic carbocycles. The predicted molar refractivity (Wildman–Crippen MR) is 56.7 cm³/mol. The Kier molecular flexibility index (Phi) is 4.10. The van der Waals surface area contributed by atoms with Gasteiger partial charge in [-0.1, -0.05) is 18.5 Å². The Morgan fingerprint density at radius 3 is 2.71 bits per heavy atom. The summed E-state index contributed by atoms with van der Waals surface area (Å²) in [5.74, 6) is 1.35. The van der Waals surface area contributed by atoms with Crippen molar-refractivity contribution in [2.24, 2.45) is 0 Å². The molecule has 0 saturated heterocycles. The number of hydrogen-bond donors (Lipinski definition) is 2. The summed E-state index contributed by atoms with van der Waals surface area (Å²) >= 11 is 5.96. The van der Waals surface area contributed by atoms with E-state index in [1.54, 1.807) is 6.92 Å². The zero-order chi connectivity index (χ0) is 10.6. The van der Waals surface area contributed by atoms with Crippen LogP contribution in [0.25, 0.3) is 0 Å². The maximum atomic E-state index is 8.69. The largest absolute Gasteiger partial charge is 0.395 e. The molecule has 0 aliphatic heterocycles. The maximum Gasteiger partial charge on any atom is 0.138 e. The van der Waals surface area contributed by atoms with Gasteiger partial charge in [-0.25, -0.2) is 9.97 Å². The first-order chi connectivity index (χ1) is 6.69. The molecule has 0 spiro atoms. The molecule has 0 aliphatic rings. The number of aliphatic hydroxyl groups is 1. The number of nitrogens with zero attached hydrogens (tertiary/aromatic N) is 2. The van der Waals surface area contributed by atoms with Crippen LogP contribution < -0.4 is 5.32 Å². The van der Waals surface area contributed by atoms with Crippen LogP contribution in [0.1, 0.15) is 18.3 Å². The average molecular weight is 216 g/mol. The Hall–Kier alpha value is -0.870. The second kappa shape index (κ2) is 5.12. The van der Waals surface area contributed by atoms with Gasteiger partial charge in [0, 0.05) is 12.1 Å². The lowest BCUT2D eigenvalue weighted by atomic mass is 10.2. The van der Waals surface area contributed by atoms with Gasteiger partial charge in [-0.05, 0) is 13.3 Å². The third kappa shape index (κ3) is 2.56. The average Bonchev–Trinajstić information content (AvgIpc) is 2.14. The molecule has 0 aromatic carbocycles. The van der Waals surface area contributed by atoms with Gasteiger partial charge < -0.3 is 10.4 Å². The lowest BCUT2D eigenvalue weighted by molar-refractivity contribution is 0.311. The minimum absolute atomic E-state index is 0.0732. The fraction of sp³-hybridized carbons (Fsp3) is 0.556. The van der Waals surface area contributed by atoms with Crippen LogP contribution in [0.4, 0.5) is 5.82 Å². The summed E-state index contributed by atoms with van der Waals surface area (Å²) in [7, 11) is 0. The highest BCUT2D eigenvalue weighted by molar-refractivity contribution is 6.30. The van der Waals surface area contributed by atoms with Crippen molar-refractivity contribution in [3.8, 4) is 0 Å². The summed E-state index contributed by atoms with van der Waals surface area (Å²) in [5.41, 5.74) is 0.894. The standard InChI is InChI=1S/C9H14ClN3O/c1-3-7-8(10)12-6(2)13-9(7)11-4-5-14/h14H,3-5H2,1-2H3,(H,11,12,13). The molecule has 78 valence electrons. The van der Waals surface area contributed by atoms with Crippen LogP contribution >= 0.6 is 11.6 Å². The summed E-state index contributed by atoms with van der Waals surface area (Å²) in [6.45, 7) is 4.32. The van der Waals surface area contributed by atoms with Crippen molar-refractivity contribution >= 4 is 17.4 Å². The molecule has 1 heterocycles. The van der Waals surface area contributed by atoms with Gasteiger partial charge in [0.1, 0.15) is 16.8 Å². The number of anilines is 1. The van der Waals surface area contributed by atoms with Gasteiger partial charge in [-0.2, -0.15) is 0 Å². The van der Waals surface area contributed by atoms with Gasteiger partial charge in [0.25, 0.3) is 0 Å². The van der Waals surface area contributed by atoms with Crippen molar-refractivity contribution in [3.63, 3.8) is 0 Å². The zero-order valence-electron chi connectivity index (χ0n) is 8.34. The fourth-order valence-electron chi connectivity index (χ4n) is 1.20. The van der Waals surface area contributed by atoms with Gasteiger partial charge in [0.15, 0.2) is 0 Å². The van der Waals surface area contributed by atoms with Crippen molar-refractivity contribution in [3.05, 3.63) is 16.5 Å². The van der Waals surface area contributed by atoms with Gasteiger partial charge in [0.2, 0.25) is 0 Å². The van der Waals surface area contributed by atoms with Crippen LogP contribution in [-0.4, -0.2) is 28.2 Å². The molecule has 0 atom stereocenters. The number of rotatable bonds is 4. The van der Waals surface area contributed by atoms with Crippen LogP contribution in [0.15, 0.2) is 0 Å². The first-order valence-electron chi connectivity index (χ1n) is 4.56. The third-order valence-electron chi connectivity index (χ3n) is 1.83. The van der Waals surface area contributed by atoms with E-state index >= 15 is 0 Å². The van der Waals surface area contributed by atoms with Crippen molar-refractivity contribution in [2.45, 2.75) is 20.3 Å². The number of aromatic nitrogens is 2. The molecule has 1 rings (SSSR count). The van der Waals surface area contributed by atoms with Crippen LogP contribution in [0, 0.1) is 6.92 Å². The molecule has 0 saturated carbocycles. The molecule has 2 N–H and O–H groups in total. The van der Waals surface area contributed by atoms with E-state index in [1.165, 1.54) is 0 Å². The summed E-state index contributed by atoms with van der Waals surface area (Å²) in [4.78, 5) is 8.29. The number of aryl methyl sites for hydroxylation is 1. The molecule has 5 heteroatoms. The Balaban J connectivity index is 2.99. The van der Waals surface area contributed by atoms with E-state index in [4.69, 9.17) is 16.7 Å². The summed E-state index contributed by atoms with van der Waals surface area (Å²) in [6.07, 6.45) is 0.771. The summed E-state index contributed by atoms with van der Waals surface area (Å²) in [5, 5.41) is 12.2. The second-order valence-electron chi connectivity index (χ2n) is 2.89. The highest BCUT2D eigenvalue weighted by Crippen LogP contribution is 2.21. The molecule has 0 radical (unpaired) electrons. The summed E-state index contributed by atoms with van der Waals surface area (Å²) < 4.78 is 0. The first kappa shape index (κ1) is 11.2. The number of nitrogens with one attached hydrogen (secondary N) is 1. The van der Waals surface area contributed by atoms with E-state index in [0.717, 1.165) is 17.8 Å². The Labute approximate surface area is 88.3 Å². The SMILES string of the molecule is CCc1c(Cl)nc(C)nc1NCCO. The smallest absolute Gasteiger partial charge is 0.138 e. The number of halogens is 1. The zero-order valence-corrected chi connectivity index (χ0v) is 9.10. The highest BCUT2D eigenvalue weighted by atomic mass is 35.5. The molecule has 4 nitrogen and oxygen atoms in total. The molecular formula is C9H14ClN3O. The Morgan fingerprint density at radius 1 is 1.43 bits per heavy atom. The van der Waals surface area contributed by atoms with Crippen molar-refractivity contribution < 1.29 is 5.11 Å². The van der Waals surface area contributed by atoms with E-state index in [0.29, 0.717) is 17.5 Å². The number of aliphatic hydroxyl groups excluding tert-OH is 1. The highest BCUT2D eigenvalue weighted by Gasteiger charge is 2.08. The molecule has 0 amide bonds. The van der Waals surface area contributed by atoms with Gasteiger partial charge in [-0.3, -0.25) is 0 Å². The first-order valence-corrected chi connectivity index (χ1v) is 4.94. The Bertz CT molecular complexity index is 317. The number of hydrogen-bond acceptors (Lipinski definition) is 4. The van der Waals surface area contributed by atoms with E-state index in [1.807, 2.05) is 6.92 Å². The minimum atomic E-state index is 0.0732. The quantitative estimate of drug-likeness (QED) is 0.746. The van der Waals surface area contributed by atoms with Gasteiger partial charge >= 0.3 is 0 Å². The monoisotopic (exact) mass is 215 g/mol. The fourth-order valence-corrected chi connectivity index (χ4v) is 1.54. The van der Waals surface area contributed by atoms with Gasteiger partial charge in [-0.15, -0.1) is 0 Å². The lowest BCUT2D eigenvalue weighted by Gasteiger charge is -2.10.